The number of nitrogens with one attached hydrogen (secondary N) is 1. The van der Waals surface area contributed by atoms with Gasteiger partial charge >= 0.3 is 5.97 Å². The van der Waals surface area contributed by atoms with Crippen molar-refractivity contribution in [3.63, 3.8) is 0 Å². The molecule has 1 unspecified atom stereocenters. The minimum atomic E-state index is -3.77. The number of rotatable bonds is 4. The molecule has 5 nitrogen and oxygen atoms in total. The van der Waals surface area contributed by atoms with Crippen LogP contribution in [0.15, 0.2) is 17.0 Å². The lowest BCUT2D eigenvalue weighted by Crippen LogP contribution is -2.41. The molecule has 1 aromatic carbocycles. The summed E-state index contributed by atoms with van der Waals surface area (Å²) in [5.74, 6) is -1.14. The van der Waals surface area contributed by atoms with Gasteiger partial charge in [0.05, 0.1) is 10.5 Å². The van der Waals surface area contributed by atoms with Gasteiger partial charge in [-0.3, -0.25) is 0 Å². The molecule has 1 aromatic rings. The zero-order chi connectivity index (χ0) is 16.6. The lowest BCUT2D eigenvalue weighted by molar-refractivity contribution is 0.0696. The second-order valence-electron chi connectivity index (χ2n) is 6.43. The first-order valence-electron chi connectivity index (χ1n) is 6.73. The van der Waals surface area contributed by atoms with E-state index in [9.17, 15) is 13.2 Å². The van der Waals surface area contributed by atoms with Crippen LogP contribution in [-0.2, 0) is 10.0 Å². The Balaban J connectivity index is 3.35. The van der Waals surface area contributed by atoms with Gasteiger partial charge in [0, 0.05) is 6.04 Å². The monoisotopic (exact) mass is 313 g/mol. The van der Waals surface area contributed by atoms with Gasteiger partial charge in [-0.05, 0) is 49.4 Å². The molecule has 6 heteroatoms. The summed E-state index contributed by atoms with van der Waals surface area (Å²) in [5.41, 5.74) is 0.939. The van der Waals surface area contributed by atoms with Crippen molar-refractivity contribution in [3.05, 3.63) is 28.8 Å². The molecular formula is C15H23NO4S. The summed E-state index contributed by atoms with van der Waals surface area (Å²) in [4.78, 5) is 11.1. The lowest BCUT2D eigenvalue weighted by Gasteiger charge is -2.28. The highest BCUT2D eigenvalue weighted by Crippen LogP contribution is 2.24. The van der Waals surface area contributed by atoms with Crippen LogP contribution in [0.5, 0.6) is 0 Å². The van der Waals surface area contributed by atoms with Crippen LogP contribution in [0, 0.1) is 19.3 Å². The molecule has 1 rings (SSSR count). The zero-order valence-corrected chi connectivity index (χ0v) is 14.1. The van der Waals surface area contributed by atoms with Crippen molar-refractivity contribution in [2.45, 2.75) is 52.5 Å². The Bertz CT molecular complexity index is 657. The SMILES string of the molecule is Cc1cc(C(=O)O)cc(S(=O)(=O)NC(C)C(C)(C)C)c1C. The smallest absolute Gasteiger partial charge is 0.335 e. The summed E-state index contributed by atoms with van der Waals surface area (Å²) in [5, 5.41) is 9.09. The Morgan fingerprint density at radius 3 is 2.19 bits per heavy atom. The maximum atomic E-state index is 12.5. The molecule has 0 aliphatic carbocycles. The van der Waals surface area contributed by atoms with E-state index in [1.807, 2.05) is 20.8 Å². The normalized spacial score (nSPS) is 14.0. The van der Waals surface area contributed by atoms with Crippen molar-refractivity contribution < 1.29 is 18.3 Å². The van der Waals surface area contributed by atoms with Gasteiger partial charge in [0.15, 0.2) is 0 Å². The molecular weight excluding hydrogens is 290 g/mol. The highest BCUT2D eigenvalue weighted by Gasteiger charge is 2.28. The van der Waals surface area contributed by atoms with Gasteiger partial charge in [-0.15, -0.1) is 0 Å². The largest absolute Gasteiger partial charge is 0.478 e. The number of aryl methyl sites for hydroxylation is 1. The molecule has 0 saturated carbocycles. The van der Waals surface area contributed by atoms with Crippen LogP contribution in [0.2, 0.25) is 0 Å². The number of hydrogen-bond acceptors (Lipinski definition) is 3. The Hall–Kier alpha value is -1.40. The molecule has 0 heterocycles. The van der Waals surface area contributed by atoms with E-state index in [1.54, 1.807) is 20.8 Å². The number of aromatic carboxylic acids is 1. The maximum Gasteiger partial charge on any atom is 0.335 e. The first kappa shape index (κ1) is 17.7. The predicted octanol–water partition coefficient (Wildman–Crippen LogP) is 2.71. The van der Waals surface area contributed by atoms with E-state index in [0.29, 0.717) is 11.1 Å². The molecule has 2 N–H and O–H groups in total. The predicted molar refractivity (Wildman–Crippen MR) is 82.1 cm³/mol. The quantitative estimate of drug-likeness (QED) is 0.895. The van der Waals surface area contributed by atoms with E-state index in [-0.39, 0.29) is 21.9 Å². The average molecular weight is 313 g/mol. The van der Waals surface area contributed by atoms with Crippen molar-refractivity contribution in [2.75, 3.05) is 0 Å². The Labute approximate surface area is 126 Å². The van der Waals surface area contributed by atoms with Crippen LogP contribution in [0.4, 0.5) is 0 Å². The fourth-order valence-corrected chi connectivity index (χ4v) is 3.49. The van der Waals surface area contributed by atoms with E-state index >= 15 is 0 Å². The first-order valence-corrected chi connectivity index (χ1v) is 8.21. The van der Waals surface area contributed by atoms with Crippen molar-refractivity contribution in [2.24, 2.45) is 5.41 Å². The Morgan fingerprint density at radius 2 is 1.76 bits per heavy atom. The van der Waals surface area contributed by atoms with E-state index < -0.39 is 16.0 Å². The summed E-state index contributed by atoms with van der Waals surface area (Å²) >= 11 is 0. The van der Waals surface area contributed by atoms with Crippen molar-refractivity contribution in [3.8, 4) is 0 Å². The molecule has 1 atom stereocenters. The van der Waals surface area contributed by atoms with Crippen molar-refractivity contribution in [1.82, 2.24) is 4.72 Å². The molecule has 0 saturated heterocycles. The molecule has 0 fully saturated rings. The molecule has 0 bridgehead atoms. The number of sulfonamides is 1. The summed E-state index contributed by atoms with van der Waals surface area (Å²) in [6, 6.07) is 2.40. The van der Waals surface area contributed by atoms with Crippen LogP contribution in [-0.4, -0.2) is 25.5 Å². The zero-order valence-electron chi connectivity index (χ0n) is 13.3. The number of hydrogen-bond donors (Lipinski definition) is 2. The van der Waals surface area contributed by atoms with E-state index in [0.717, 1.165) is 0 Å². The topological polar surface area (TPSA) is 83.5 Å². The van der Waals surface area contributed by atoms with Gasteiger partial charge in [-0.1, -0.05) is 20.8 Å². The van der Waals surface area contributed by atoms with Crippen LogP contribution >= 0.6 is 0 Å². The van der Waals surface area contributed by atoms with Gasteiger partial charge < -0.3 is 5.11 Å². The fourth-order valence-electron chi connectivity index (χ4n) is 1.70. The minimum Gasteiger partial charge on any atom is -0.478 e. The van der Waals surface area contributed by atoms with Gasteiger partial charge in [0.25, 0.3) is 0 Å². The molecule has 0 aliphatic rings. The molecule has 0 aromatic heterocycles. The molecule has 21 heavy (non-hydrogen) atoms. The van der Waals surface area contributed by atoms with Gasteiger partial charge in [-0.2, -0.15) is 0 Å². The molecule has 0 radical (unpaired) electrons. The van der Waals surface area contributed by atoms with Crippen LogP contribution in [0.1, 0.15) is 49.2 Å². The molecule has 0 spiro atoms. The van der Waals surface area contributed by atoms with Gasteiger partial charge in [0.1, 0.15) is 0 Å². The number of carboxylic acid groups (broad SMARTS) is 1. The van der Waals surface area contributed by atoms with E-state index in [4.69, 9.17) is 5.11 Å². The molecule has 118 valence electrons. The standard InChI is InChI=1S/C15H23NO4S/c1-9-7-12(14(17)18)8-13(10(9)2)21(19,20)16-11(3)15(4,5)6/h7-8,11,16H,1-6H3,(H,17,18). The van der Waals surface area contributed by atoms with Crippen molar-refractivity contribution >= 4 is 16.0 Å². The Kier molecular flexibility index (Phi) is 4.85. The highest BCUT2D eigenvalue weighted by atomic mass is 32.2. The second kappa shape index (κ2) is 5.77. The summed E-state index contributed by atoms with van der Waals surface area (Å²) in [6.45, 7) is 11.0. The van der Waals surface area contributed by atoms with E-state index in [1.165, 1.54) is 12.1 Å². The van der Waals surface area contributed by atoms with Gasteiger partial charge in [-0.25, -0.2) is 17.9 Å². The number of carbonyl (C=O) groups is 1. The van der Waals surface area contributed by atoms with E-state index in [2.05, 4.69) is 4.72 Å². The average Bonchev–Trinajstić information content (AvgIpc) is 2.29. The van der Waals surface area contributed by atoms with Crippen LogP contribution in [0.25, 0.3) is 0 Å². The van der Waals surface area contributed by atoms with Crippen LogP contribution in [0.3, 0.4) is 0 Å². The third-order valence-electron chi connectivity index (χ3n) is 3.79. The summed E-state index contributed by atoms with van der Waals surface area (Å²) in [7, 11) is -3.77. The summed E-state index contributed by atoms with van der Waals surface area (Å²) < 4.78 is 27.7. The summed E-state index contributed by atoms with van der Waals surface area (Å²) in [6.07, 6.45) is 0. The van der Waals surface area contributed by atoms with Crippen molar-refractivity contribution in [1.29, 1.82) is 0 Å². The highest BCUT2D eigenvalue weighted by molar-refractivity contribution is 7.89. The molecule has 0 amide bonds. The first-order chi connectivity index (χ1) is 9.36. The second-order valence-corrected chi connectivity index (χ2v) is 8.11. The fraction of sp³-hybridized carbons (Fsp3) is 0.533. The minimum absolute atomic E-state index is 0.0241. The van der Waals surface area contributed by atoms with Gasteiger partial charge in [0.2, 0.25) is 10.0 Å². The number of benzene rings is 1. The third kappa shape index (κ3) is 4.04. The Morgan fingerprint density at radius 1 is 1.24 bits per heavy atom. The third-order valence-corrected chi connectivity index (χ3v) is 5.45. The number of carboxylic acids is 1. The van der Waals surface area contributed by atoms with Crippen LogP contribution < -0.4 is 4.72 Å². The molecule has 0 aliphatic heterocycles. The lowest BCUT2D eigenvalue weighted by atomic mass is 9.89. The maximum absolute atomic E-state index is 12.5.